The summed E-state index contributed by atoms with van der Waals surface area (Å²) in [6.45, 7) is 7.96. The Kier molecular flexibility index (Phi) is 3.12. The molecule has 0 aliphatic carbocycles. The predicted octanol–water partition coefficient (Wildman–Crippen LogP) is 1.17. The quantitative estimate of drug-likeness (QED) is 0.755. The van der Waals surface area contributed by atoms with Gasteiger partial charge in [-0.3, -0.25) is 4.99 Å². The van der Waals surface area contributed by atoms with Crippen molar-refractivity contribution < 1.29 is 4.74 Å². The minimum Gasteiger partial charge on any atom is -0.380 e. The zero-order valence-corrected chi connectivity index (χ0v) is 11.1. The predicted molar refractivity (Wildman–Crippen MR) is 72.6 cm³/mol. The molecule has 3 aliphatic heterocycles. The van der Waals surface area contributed by atoms with Crippen LogP contribution in [0.15, 0.2) is 28.9 Å². The molecule has 2 atom stereocenters. The van der Waals surface area contributed by atoms with Crippen LogP contribution in [0.25, 0.3) is 0 Å². The number of morpholine rings is 1. The Hall–Kier alpha value is -1.29. The van der Waals surface area contributed by atoms with E-state index in [2.05, 4.69) is 42.3 Å². The van der Waals surface area contributed by atoms with E-state index in [9.17, 15) is 0 Å². The third-order valence-electron chi connectivity index (χ3n) is 3.74. The Morgan fingerprint density at radius 2 is 2.17 bits per heavy atom. The van der Waals surface area contributed by atoms with Crippen LogP contribution in [0.1, 0.15) is 13.8 Å². The van der Waals surface area contributed by atoms with Crippen molar-refractivity contribution in [1.29, 1.82) is 0 Å². The number of nitrogens with zero attached hydrogens (tertiary/aromatic N) is 2. The summed E-state index contributed by atoms with van der Waals surface area (Å²) >= 11 is 0. The number of nitrogens with one attached hydrogen (secondary N) is 1. The van der Waals surface area contributed by atoms with Gasteiger partial charge in [0.2, 0.25) is 0 Å². The average molecular weight is 247 g/mol. The van der Waals surface area contributed by atoms with Gasteiger partial charge in [-0.15, -0.1) is 0 Å². The molecule has 3 aliphatic rings. The molecule has 98 valence electrons. The fraction of sp³-hybridized carbons (Fsp3) is 0.643. The summed E-state index contributed by atoms with van der Waals surface area (Å²) < 4.78 is 5.38. The molecule has 4 heteroatoms. The van der Waals surface area contributed by atoms with E-state index in [1.807, 2.05) is 0 Å². The summed E-state index contributed by atoms with van der Waals surface area (Å²) in [5.74, 6) is 1.66. The number of fused-ring (bicyclic) bond motifs is 1. The largest absolute Gasteiger partial charge is 0.380 e. The highest BCUT2D eigenvalue weighted by atomic mass is 16.5. The van der Waals surface area contributed by atoms with Crippen molar-refractivity contribution in [2.45, 2.75) is 25.9 Å². The fourth-order valence-corrected chi connectivity index (χ4v) is 2.62. The second-order valence-electron chi connectivity index (χ2n) is 5.38. The van der Waals surface area contributed by atoms with Gasteiger partial charge in [0.05, 0.1) is 25.3 Å². The van der Waals surface area contributed by atoms with Crippen LogP contribution in [0.5, 0.6) is 0 Å². The Balaban J connectivity index is 1.75. The first-order valence-corrected chi connectivity index (χ1v) is 6.81. The number of hydrogen-bond donors (Lipinski definition) is 1. The highest BCUT2D eigenvalue weighted by Gasteiger charge is 2.29. The summed E-state index contributed by atoms with van der Waals surface area (Å²) in [5.41, 5.74) is 1.32. The van der Waals surface area contributed by atoms with E-state index >= 15 is 0 Å². The van der Waals surface area contributed by atoms with E-state index in [1.54, 1.807) is 0 Å². The number of aliphatic imine (C=N–C) groups is 1. The molecular weight excluding hydrogens is 226 g/mol. The van der Waals surface area contributed by atoms with Gasteiger partial charge < -0.3 is 15.0 Å². The molecule has 3 heterocycles. The van der Waals surface area contributed by atoms with Crippen molar-refractivity contribution in [2.24, 2.45) is 10.9 Å². The van der Waals surface area contributed by atoms with Crippen LogP contribution in [-0.4, -0.2) is 49.1 Å². The molecule has 3 rings (SSSR count). The third kappa shape index (κ3) is 2.17. The summed E-state index contributed by atoms with van der Waals surface area (Å²) in [7, 11) is 0. The Labute approximate surface area is 108 Å². The summed E-state index contributed by atoms with van der Waals surface area (Å²) in [6.07, 6.45) is 6.67. The second-order valence-corrected chi connectivity index (χ2v) is 5.38. The monoisotopic (exact) mass is 247 g/mol. The molecule has 0 aromatic rings. The van der Waals surface area contributed by atoms with Gasteiger partial charge in [0.15, 0.2) is 0 Å². The van der Waals surface area contributed by atoms with Crippen molar-refractivity contribution in [1.82, 2.24) is 10.2 Å². The molecule has 4 nitrogen and oxygen atoms in total. The normalized spacial score (nSPS) is 30.9. The number of amidine groups is 1. The molecule has 2 unspecified atom stereocenters. The summed E-state index contributed by atoms with van der Waals surface area (Å²) in [4.78, 5) is 7.18. The maximum Gasteiger partial charge on any atom is 0.124 e. The van der Waals surface area contributed by atoms with Gasteiger partial charge in [0.25, 0.3) is 0 Å². The van der Waals surface area contributed by atoms with E-state index in [0.717, 1.165) is 32.1 Å². The molecule has 0 aromatic carbocycles. The Bertz CT molecular complexity index is 405. The summed E-state index contributed by atoms with van der Waals surface area (Å²) in [6, 6.07) is 0.623. The fourth-order valence-electron chi connectivity index (χ4n) is 2.62. The maximum absolute atomic E-state index is 5.38. The van der Waals surface area contributed by atoms with E-state index < -0.39 is 0 Å². The number of hydrogen-bond acceptors (Lipinski definition) is 4. The van der Waals surface area contributed by atoms with Crippen LogP contribution < -0.4 is 5.32 Å². The smallest absolute Gasteiger partial charge is 0.124 e. The van der Waals surface area contributed by atoms with Crippen LogP contribution in [0.4, 0.5) is 0 Å². The lowest BCUT2D eigenvalue weighted by Gasteiger charge is -2.31. The zero-order chi connectivity index (χ0) is 12.5. The molecule has 1 saturated heterocycles. The molecule has 18 heavy (non-hydrogen) atoms. The van der Waals surface area contributed by atoms with Crippen molar-refractivity contribution in [3.05, 3.63) is 23.9 Å². The molecule has 0 bridgehead atoms. The Morgan fingerprint density at radius 3 is 2.89 bits per heavy atom. The molecule has 0 spiro atoms. The first-order valence-electron chi connectivity index (χ1n) is 6.81. The SMILES string of the molecule is CC(C)C1=CC2N=C(N3CCOCC3)C=CC2N1. The topological polar surface area (TPSA) is 36.9 Å². The van der Waals surface area contributed by atoms with Gasteiger partial charge >= 0.3 is 0 Å². The minimum absolute atomic E-state index is 0.269. The highest BCUT2D eigenvalue weighted by molar-refractivity contribution is 5.94. The number of dihydropyridines is 1. The van der Waals surface area contributed by atoms with Gasteiger partial charge in [-0.2, -0.15) is 0 Å². The molecule has 1 N–H and O–H groups in total. The first kappa shape index (κ1) is 11.8. The van der Waals surface area contributed by atoms with E-state index in [1.165, 1.54) is 5.70 Å². The number of rotatable bonds is 1. The lowest BCUT2D eigenvalue weighted by atomic mass is 10.1. The lowest BCUT2D eigenvalue weighted by molar-refractivity contribution is 0.0682. The van der Waals surface area contributed by atoms with Crippen molar-refractivity contribution in [2.75, 3.05) is 26.3 Å². The van der Waals surface area contributed by atoms with Crippen molar-refractivity contribution in [3.8, 4) is 0 Å². The molecule has 0 saturated carbocycles. The van der Waals surface area contributed by atoms with Crippen LogP contribution in [0, 0.1) is 5.92 Å². The van der Waals surface area contributed by atoms with Crippen LogP contribution >= 0.6 is 0 Å². The minimum atomic E-state index is 0.269. The number of ether oxygens (including phenoxy) is 1. The van der Waals surface area contributed by atoms with Crippen LogP contribution in [-0.2, 0) is 4.74 Å². The van der Waals surface area contributed by atoms with Gasteiger partial charge in [-0.25, -0.2) is 0 Å². The third-order valence-corrected chi connectivity index (χ3v) is 3.74. The standard InChI is InChI=1S/C14H21N3O/c1-10(2)12-9-13-11(15-12)3-4-14(16-13)17-5-7-18-8-6-17/h3-4,9-11,13,15H,5-8H2,1-2H3. The van der Waals surface area contributed by atoms with Gasteiger partial charge in [-0.1, -0.05) is 19.9 Å². The van der Waals surface area contributed by atoms with Gasteiger partial charge in [0, 0.05) is 18.8 Å². The van der Waals surface area contributed by atoms with E-state index in [-0.39, 0.29) is 6.04 Å². The molecule has 0 aromatic heterocycles. The molecule has 0 radical (unpaired) electrons. The second kappa shape index (κ2) is 4.76. The van der Waals surface area contributed by atoms with Gasteiger partial charge in [-0.05, 0) is 18.1 Å². The molecule has 0 amide bonds. The molecular formula is C14H21N3O. The molecule has 1 fully saturated rings. The Morgan fingerprint density at radius 1 is 1.39 bits per heavy atom. The first-order chi connectivity index (χ1) is 8.74. The van der Waals surface area contributed by atoms with Gasteiger partial charge in [0.1, 0.15) is 5.84 Å². The van der Waals surface area contributed by atoms with Crippen LogP contribution in [0.3, 0.4) is 0 Å². The highest BCUT2D eigenvalue weighted by Crippen LogP contribution is 2.23. The lowest BCUT2D eigenvalue weighted by Crippen LogP contribution is -2.43. The number of allylic oxidation sites excluding steroid dienone is 1. The van der Waals surface area contributed by atoms with E-state index in [0.29, 0.717) is 12.0 Å². The van der Waals surface area contributed by atoms with E-state index in [4.69, 9.17) is 9.73 Å². The van der Waals surface area contributed by atoms with Crippen LogP contribution in [0.2, 0.25) is 0 Å². The van der Waals surface area contributed by atoms with Crippen molar-refractivity contribution >= 4 is 5.84 Å². The van der Waals surface area contributed by atoms with Crippen molar-refractivity contribution in [3.63, 3.8) is 0 Å². The average Bonchev–Trinajstić information content (AvgIpc) is 2.82. The zero-order valence-electron chi connectivity index (χ0n) is 11.1. The summed E-state index contributed by atoms with van der Waals surface area (Å²) in [5, 5.41) is 3.54. The maximum atomic E-state index is 5.38.